The van der Waals surface area contributed by atoms with E-state index in [1.807, 2.05) is 6.92 Å². The van der Waals surface area contributed by atoms with Crippen LogP contribution in [0.2, 0.25) is 0 Å². The summed E-state index contributed by atoms with van der Waals surface area (Å²) in [7, 11) is 0. The van der Waals surface area contributed by atoms with Crippen molar-refractivity contribution in [1.29, 1.82) is 0 Å². The van der Waals surface area contributed by atoms with E-state index in [2.05, 4.69) is 22.2 Å². The number of ether oxygens (including phenoxy) is 1. The van der Waals surface area contributed by atoms with E-state index in [0.717, 1.165) is 38.4 Å². The van der Waals surface area contributed by atoms with Crippen LogP contribution in [0.3, 0.4) is 0 Å². The minimum Gasteiger partial charge on any atom is -0.475 e. The van der Waals surface area contributed by atoms with Gasteiger partial charge >= 0.3 is 0 Å². The summed E-state index contributed by atoms with van der Waals surface area (Å²) in [4.78, 5) is 7.83. The molecule has 0 spiro atoms. The Labute approximate surface area is 102 Å². The summed E-state index contributed by atoms with van der Waals surface area (Å²) in [6.07, 6.45) is 5.21. The molecule has 1 aromatic rings. The van der Waals surface area contributed by atoms with Gasteiger partial charge < -0.3 is 10.1 Å². The Kier molecular flexibility index (Phi) is 6.29. The van der Waals surface area contributed by atoms with Gasteiger partial charge in [-0.05, 0) is 12.8 Å². The largest absolute Gasteiger partial charge is 0.475 e. The molecule has 0 bridgehead atoms. The van der Waals surface area contributed by atoms with Gasteiger partial charge in [0.15, 0.2) is 0 Å². The van der Waals surface area contributed by atoms with Crippen LogP contribution in [0.5, 0.6) is 5.88 Å². The van der Waals surface area contributed by atoms with Crippen molar-refractivity contribution in [2.24, 2.45) is 0 Å². The summed E-state index contributed by atoms with van der Waals surface area (Å²) >= 11 is 0. The molecule has 0 aliphatic carbocycles. The molecule has 96 valence electrons. The molecular weight excluding hydrogens is 221 g/mol. The fraction of sp³-hybridized carbons (Fsp3) is 0.667. The number of halogens is 1. The molecule has 0 atom stereocenters. The molecule has 0 saturated heterocycles. The maximum atomic E-state index is 13.3. The van der Waals surface area contributed by atoms with Crippen molar-refractivity contribution in [1.82, 2.24) is 9.97 Å². The van der Waals surface area contributed by atoms with E-state index in [1.165, 1.54) is 0 Å². The Bertz CT molecular complexity index is 334. The van der Waals surface area contributed by atoms with E-state index in [9.17, 15) is 4.39 Å². The average Bonchev–Trinajstić information content (AvgIpc) is 2.35. The number of rotatable bonds is 8. The Morgan fingerprint density at radius 2 is 2.12 bits per heavy atom. The van der Waals surface area contributed by atoms with Crippen molar-refractivity contribution in [3.8, 4) is 5.88 Å². The van der Waals surface area contributed by atoms with E-state index in [-0.39, 0.29) is 5.88 Å². The highest BCUT2D eigenvalue weighted by Gasteiger charge is 2.07. The normalized spacial score (nSPS) is 10.3. The van der Waals surface area contributed by atoms with Gasteiger partial charge in [0.05, 0.1) is 12.8 Å². The molecule has 0 aliphatic rings. The zero-order valence-corrected chi connectivity index (χ0v) is 10.5. The van der Waals surface area contributed by atoms with Crippen LogP contribution in [0, 0.1) is 5.82 Å². The lowest BCUT2D eigenvalue weighted by atomic mass is 10.3. The van der Waals surface area contributed by atoms with Gasteiger partial charge in [0.2, 0.25) is 11.8 Å². The number of nitrogens with one attached hydrogen (secondary N) is 1. The molecule has 0 unspecified atom stereocenters. The van der Waals surface area contributed by atoms with E-state index < -0.39 is 5.82 Å². The molecule has 0 saturated carbocycles. The average molecular weight is 241 g/mol. The van der Waals surface area contributed by atoms with Crippen molar-refractivity contribution >= 4 is 5.95 Å². The highest BCUT2D eigenvalue weighted by atomic mass is 19.1. The molecule has 5 heteroatoms. The summed E-state index contributed by atoms with van der Waals surface area (Å²) in [6, 6.07) is 0. The van der Waals surface area contributed by atoms with Gasteiger partial charge in [-0.2, -0.15) is 9.37 Å². The molecule has 0 aromatic carbocycles. The van der Waals surface area contributed by atoms with Crippen molar-refractivity contribution in [2.75, 3.05) is 18.5 Å². The number of unbranched alkanes of at least 4 members (excludes halogenated alkanes) is 2. The van der Waals surface area contributed by atoms with Gasteiger partial charge in [-0.1, -0.05) is 26.7 Å². The first kappa shape index (κ1) is 13.7. The number of hydrogen-bond acceptors (Lipinski definition) is 4. The maximum absolute atomic E-state index is 13.3. The predicted octanol–water partition coefficient (Wildman–Crippen LogP) is 3.01. The first-order chi connectivity index (χ1) is 8.27. The minimum atomic E-state index is -0.511. The van der Waals surface area contributed by atoms with Crippen LogP contribution in [0.15, 0.2) is 6.20 Å². The first-order valence-corrected chi connectivity index (χ1v) is 6.17. The molecule has 17 heavy (non-hydrogen) atoms. The number of aromatic nitrogens is 2. The van der Waals surface area contributed by atoms with E-state index in [0.29, 0.717) is 12.6 Å². The fourth-order valence-electron chi connectivity index (χ4n) is 1.30. The molecule has 1 N–H and O–H groups in total. The van der Waals surface area contributed by atoms with Crippen molar-refractivity contribution in [2.45, 2.75) is 39.5 Å². The van der Waals surface area contributed by atoms with Crippen molar-refractivity contribution < 1.29 is 9.13 Å². The third-order valence-corrected chi connectivity index (χ3v) is 2.23. The molecule has 0 radical (unpaired) electrons. The van der Waals surface area contributed by atoms with E-state index >= 15 is 0 Å². The molecule has 1 aromatic heterocycles. The van der Waals surface area contributed by atoms with Crippen LogP contribution < -0.4 is 10.1 Å². The molecule has 1 rings (SSSR count). The van der Waals surface area contributed by atoms with Gasteiger partial charge in [-0.3, -0.25) is 0 Å². The zero-order chi connectivity index (χ0) is 12.5. The molecular formula is C12H20FN3O. The fourth-order valence-corrected chi connectivity index (χ4v) is 1.30. The minimum absolute atomic E-state index is 0.0368. The van der Waals surface area contributed by atoms with Crippen LogP contribution in [0.4, 0.5) is 10.3 Å². The summed E-state index contributed by atoms with van der Waals surface area (Å²) in [5.41, 5.74) is 0. The summed E-state index contributed by atoms with van der Waals surface area (Å²) in [5, 5.41) is 2.99. The summed E-state index contributed by atoms with van der Waals surface area (Å²) < 4.78 is 18.6. The van der Waals surface area contributed by atoms with Crippen LogP contribution in [0.25, 0.3) is 0 Å². The summed E-state index contributed by atoms with van der Waals surface area (Å²) in [5.74, 6) is -0.0583. The Hall–Kier alpha value is -1.39. The summed E-state index contributed by atoms with van der Waals surface area (Å²) in [6.45, 7) is 5.41. The van der Waals surface area contributed by atoms with Crippen LogP contribution in [-0.4, -0.2) is 23.1 Å². The lowest BCUT2D eigenvalue weighted by Crippen LogP contribution is -2.07. The number of hydrogen-bond donors (Lipinski definition) is 1. The van der Waals surface area contributed by atoms with Crippen molar-refractivity contribution in [3.63, 3.8) is 0 Å². The van der Waals surface area contributed by atoms with Crippen LogP contribution in [0.1, 0.15) is 39.5 Å². The van der Waals surface area contributed by atoms with E-state index in [4.69, 9.17) is 4.74 Å². The molecule has 1 heterocycles. The zero-order valence-electron chi connectivity index (χ0n) is 10.5. The van der Waals surface area contributed by atoms with Gasteiger partial charge in [0.1, 0.15) is 0 Å². The second kappa shape index (κ2) is 7.81. The third kappa shape index (κ3) is 4.97. The smallest absolute Gasteiger partial charge is 0.255 e. The van der Waals surface area contributed by atoms with Gasteiger partial charge in [0, 0.05) is 6.54 Å². The monoisotopic (exact) mass is 241 g/mol. The Balaban J connectivity index is 2.50. The van der Waals surface area contributed by atoms with Crippen LogP contribution >= 0.6 is 0 Å². The second-order valence-corrected chi connectivity index (χ2v) is 3.83. The Morgan fingerprint density at radius 3 is 2.82 bits per heavy atom. The molecule has 0 aliphatic heterocycles. The quantitative estimate of drug-likeness (QED) is 0.711. The maximum Gasteiger partial charge on any atom is 0.255 e. The molecule has 4 nitrogen and oxygen atoms in total. The second-order valence-electron chi connectivity index (χ2n) is 3.83. The SMILES string of the molecule is CCCCCOc1nc(NCCC)ncc1F. The van der Waals surface area contributed by atoms with Crippen molar-refractivity contribution in [3.05, 3.63) is 12.0 Å². The standard InChI is InChI=1S/C12H20FN3O/c1-3-5-6-8-17-11-10(13)9-15-12(16-11)14-7-4-2/h9H,3-8H2,1-2H3,(H,14,15,16). The topological polar surface area (TPSA) is 47.0 Å². The van der Waals surface area contributed by atoms with E-state index in [1.54, 1.807) is 0 Å². The highest BCUT2D eigenvalue weighted by Crippen LogP contribution is 2.14. The third-order valence-electron chi connectivity index (χ3n) is 2.23. The molecule has 0 amide bonds. The van der Waals surface area contributed by atoms with Gasteiger partial charge in [0.25, 0.3) is 5.88 Å². The van der Waals surface area contributed by atoms with Gasteiger partial charge in [-0.25, -0.2) is 4.98 Å². The lowest BCUT2D eigenvalue weighted by Gasteiger charge is -2.08. The predicted molar refractivity (Wildman–Crippen MR) is 65.8 cm³/mol. The Morgan fingerprint density at radius 1 is 1.29 bits per heavy atom. The highest BCUT2D eigenvalue weighted by molar-refractivity contribution is 5.28. The van der Waals surface area contributed by atoms with Crippen LogP contribution in [-0.2, 0) is 0 Å². The lowest BCUT2D eigenvalue weighted by molar-refractivity contribution is 0.279. The first-order valence-electron chi connectivity index (χ1n) is 6.17. The number of nitrogens with zero attached hydrogens (tertiary/aromatic N) is 2. The number of anilines is 1. The molecule has 0 fully saturated rings. The van der Waals surface area contributed by atoms with Gasteiger partial charge in [-0.15, -0.1) is 0 Å².